The van der Waals surface area contributed by atoms with Gasteiger partial charge in [-0.1, -0.05) is 67.4 Å². The average molecular weight is 605 g/mol. The van der Waals surface area contributed by atoms with Crippen LogP contribution in [0.5, 0.6) is 0 Å². The molecular formula is C30H35Cl2N3O4S. The van der Waals surface area contributed by atoms with E-state index in [-0.39, 0.29) is 23.4 Å². The van der Waals surface area contributed by atoms with Gasteiger partial charge in [0, 0.05) is 22.6 Å². The summed E-state index contributed by atoms with van der Waals surface area (Å²) in [6, 6.07) is 18.8. The van der Waals surface area contributed by atoms with E-state index in [0.717, 1.165) is 16.3 Å². The molecule has 3 rings (SSSR count). The van der Waals surface area contributed by atoms with Gasteiger partial charge in [-0.15, -0.1) is 0 Å². The molecule has 40 heavy (non-hydrogen) atoms. The smallest absolute Gasteiger partial charge is 0.264 e. The van der Waals surface area contributed by atoms with Crippen LogP contribution in [0.1, 0.15) is 44.7 Å². The first-order valence-electron chi connectivity index (χ1n) is 13.2. The Kier molecular flexibility index (Phi) is 11.0. The Hall–Kier alpha value is -3.07. The maximum absolute atomic E-state index is 14.1. The van der Waals surface area contributed by atoms with Crippen LogP contribution in [0.3, 0.4) is 0 Å². The molecule has 0 bridgehead atoms. The summed E-state index contributed by atoms with van der Waals surface area (Å²) < 4.78 is 28.9. The van der Waals surface area contributed by atoms with Gasteiger partial charge in [0.2, 0.25) is 11.8 Å². The van der Waals surface area contributed by atoms with Crippen molar-refractivity contribution in [3.63, 3.8) is 0 Å². The zero-order valence-corrected chi connectivity index (χ0v) is 25.4. The largest absolute Gasteiger partial charge is 0.352 e. The van der Waals surface area contributed by atoms with E-state index in [0.29, 0.717) is 27.7 Å². The number of anilines is 1. The molecule has 0 fully saturated rings. The predicted molar refractivity (Wildman–Crippen MR) is 161 cm³/mol. The summed E-state index contributed by atoms with van der Waals surface area (Å²) in [5, 5.41) is 3.80. The van der Waals surface area contributed by atoms with Gasteiger partial charge in [0.1, 0.15) is 12.6 Å². The Balaban J connectivity index is 2.07. The van der Waals surface area contributed by atoms with Gasteiger partial charge in [0.05, 0.1) is 10.6 Å². The summed E-state index contributed by atoms with van der Waals surface area (Å²) in [5.41, 5.74) is 1.81. The SMILES string of the molecule is CC[C@@H](C)NC(=O)[C@H](CC)N(Cc1ccccc1Cl)C(=O)CN(c1cccc(C)c1)S(=O)(=O)c1ccc(Cl)cc1. The molecule has 10 heteroatoms. The monoisotopic (exact) mass is 603 g/mol. The van der Waals surface area contributed by atoms with E-state index in [1.807, 2.05) is 33.8 Å². The lowest BCUT2D eigenvalue weighted by Crippen LogP contribution is -2.53. The first-order chi connectivity index (χ1) is 19.0. The second-order valence-corrected chi connectivity index (χ2v) is 12.4. The zero-order chi connectivity index (χ0) is 29.4. The van der Waals surface area contributed by atoms with Gasteiger partial charge in [0.15, 0.2) is 0 Å². The van der Waals surface area contributed by atoms with Crippen LogP contribution in [0.15, 0.2) is 77.7 Å². The number of hydrogen-bond acceptors (Lipinski definition) is 4. The molecule has 0 heterocycles. The molecule has 7 nitrogen and oxygen atoms in total. The van der Waals surface area contributed by atoms with Gasteiger partial charge >= 0.3 is 0 Å². The van der Waals surface area contributed by atoms with Crippen molar-refractivity contribution in [1.29, 1.82) is 0 Å². The number of carbonyl (C=O) groups is 2. The van der Waals surface area contributed by atoms with Crippen molar-refractivity contribution in [2.45, 2.75) is 64.1 Å². The van der Waals surface area contributed by atoms with E-state index >= 15 is 0 Å². The van der Waals surface area contributed by atoms with E-state index < -0.39 is 28.5 Å². The minimum Gasteiger partial charge on any atom is -0.352 e. The molecule has 0 saturated heterocycles. The van der Waals surface area contributed by atoms with Crippen molar-refractivity contribution in [3.8, 4) is 0 Å². The molecule has 2 amide bonds. The van der Waals surface area contributed by atoms with Crippen LogP contribution >= 0.6 is 23.2 Å². The fourth-order valence-corrected chi connectivity index (χ4v) is 5.94. The third-order valence-corrected chi connectivity index (χ3v) is 9.06. The molecule has 0 aliphatic rings. The summed E-state index contributed by atoms with van der Waals surface area (Å²) in [6.45, 7) is 7.02. The number of aryl methyl sites for hydroxylation is 1. The quantitative estimate of drug-likeness (QED) is 0.266. The number of halogens is 2. The number of benzene rings is 3. The van der Waals surface area contributed by atoms with Gasteiger partial charge in [-0.25, -0.2) is 8.42 Å². The molecule has 0 aromatic heterocycles. The van der Waals surface area contributed by atoms with Crippen molar-refractivity contribution in [1.82, 2.24) is 10.2 Å². The highest BCUT2D eigenvalue weighted by Gasteiger charge is 2.34. The van der Waals surface area contributed by atoms with Crippen LogP contribution in [0.4, 0.5) is 5.69 Å². The number of amides is 2. The van der Waals surface area contributed by atoms with Crippen LogP contribution in [0.25, 0.3) is 0 Å². The van der Waals surface area contributed by atoms with E-state index in [2.05, 4.69) is 5.32 Å². The molecule has 0 unspecified atom stereocenters. The van der Waals surface area contributed by atoms with Gasteiger partial charge < -0.3 is 10.2 Å². The number of carbonyl (C=O) groups excluding carboxylic acids is 2. The molecule has 3 aromatic rings. The number of rotatable bonds is 12. The Labute approximate surface area is 247 Å². The van der Waals surface area contributed by atoms with Gasteiger partial charge in [-0.05, 0) is 80.3 Å². The molecule has 0 spiro atoms. The lowest BCUT2D eigenvalue weighted by Gasteiger charge is -2.34. The number of nitrogens with zero attached hydrogens (tertiary/aromatic N) is 2. The van der Waals surface area contributed by atoms with Gasteiger partial charge in [0.25, 0.3) is 10.0 Å². The van der Waals surface area contributed by atoms with E-state index in [9.17, 15) is 18.0 Å². The Bertz CT molecular complexity index is 1430. The minimum absolute atomic E-state index is 0.00887. The average Bonchev–Trinajstić information content (AvgIpc) is 2.92. The van der Waals surface area contributed by atoms with Crippen molar-refractivity contribution in [3.05, 3.63) is 94.0 Å². The summed E-state index contributed by atoms with van der Waals surface area (Å²) >= 11 is 12.4. The van der Waals surface area contributed by atoms with E-state index in [1.165, 1.54) is 29.2 Å². The Morgan fingerprint density at radius 3 is 2.20 bits per heavy atom. The minimum atomic E-state index is -4.17. The molecule has 3 aromatic carbocycles. The maximum atomic E-state index is 14.1. The Morgan fingerprint density at radius 1 is 0.925 bits per heavy atom. The molecule has 0 aliphatic heterocycles. The third kappa shape index (κ3) is 7.77. The number of hydrogen-bond donors (Lipinski definition) is 1. The molecular weight excluding hydrogens is 569 g/mol. The number of sulfonamides is 1. The standard InChI is InChI=1S/C30H35Cl2N3O4S/c1-5-22(4)33-30(37)28(6-2)34(19-23-11-7-8-13-27(23)32)29(36)20-35(25-12-9-10-21(3)18-25)40(38,39)26-16-14-24(31)15-17-26/h7-18,22,28H,5-6,19-20H2,1-4H3,(H,33,37)/t22-,28+/m1/s1. The highest BCUT2D eigenvalue weighted by molar-refractivity contribution is 7.92. The van der Waals surface area contributed by atoms with Crippen LogP contribution in [-0.2, 0) is 26.2 Å². The highest BCUT2D eigenvalue weighted by Crippen LogP contribution is 2.27. The maximum Gasteiger partial charge on any atom is 0.264 e. The van der Waals surface area contributed by atoms with Crippen molar-refractivity contribution in [2.24, 2.45) is 0 Å². The van der Waals surface area contributed by atoms with Crippen molar-refractivity contribution in [2.75, 3.05) is 10.8 Å². The fourth-order valence-electron chi connectivity index (χ4n) is 4.22. The molecule has 2 atom stereocenters. The molecule has 214 valence electrons. The topological polar surface area (TPSA) is 86.8 Å². The van der Waals surface area contributed by atoms with Gasteiger partial charge in [-0.3, -0.25) is 13.9 Å². The Morgan fingerprint density at radius 2 is 1.60 bits per heavy atom. The first-order valence-corrected chi connectivity index (χ1v) is 15.4. The summed E-state index contributed by atoms with van der Waals surface area (Å²) in [4.78, 5) is 28.8. The fraction of sp³-hybridized carbons (Fsp3) is 0.333. The van der Waals surface area contributed by atoms with Gasteiger partial charge in [-0.2, -0.15) is 0 Å². The molecule has 0 radical (unpaired) electrons. The second-order valence-electron chi connectivity index (χ2n) is 9.66. The van der Waals surface area contributed by atoms with Crippen LogP contribution in [0.2, 0.25) is 10.0 Å². The van der Waals surface area contributed by atoms with E-state index in [1.54, 1.807) is 42.5 Å². The lowest BCUT2D eigenvalue weighted by molar-refractivity contribution is -0.140. The summed E-state index contributed by atoms with van der Waals surface area (Å²) in [6.07, 6.45) is 1.05. The van der Waals surface area contributed by atoms with Crippen LogP contribution < -0.4 is 9.62 Å². The third-order valence-electron chi connectivity index (χ3n) is 6.66. The number of nitrogens with one attached hydrogen (secondary N) is 1. The van der Waals surface area contributed by atoms with E-state index in [4.69, 9.17) is 23.2 Å². The highest BCUT2D eigenvalue weighted by atomic mass is 35.5. The lowest BCUT2D eigenvalue weighted by atomic mass is 10.1. The summed E-state index contributed by atoms with van der Waals surface area (Å²) in [7, 11) is -4.17. The van der Waals surface area contributed by atoms with Crippen molar-refractivity contribution < 1.29 is 18.0 Å². The predicted octanol–water partition coefficient (Wildman–Crippen LogP) is 6.22. The first kappa shape index (κ1) is 31.5. The van der Waals surface area contributed by atoms with Crippen LogP contribution in [0, 0.1) is 6.92 Å². The molecule has 1 N–H and O–H groups in total. The zero-order valence-electron chi connectivity index (χ0n) is 23.1. The second kappa shape index (κ2) is 14.0. The van der Waals surface area contributed by atoms with Crippen LogP contribution in [-0.4, -0.2) is 43.8 Å². The summed E-state index contributed by atoms with van der Waals surface area (Å²) in [5.74, 6) is -0.843. The normalized spacial score (nSPS) is 12.8. The molecule has 0 aliphatic carbocycles. The van der Waals surface area contributed by atoms with Crippen molar-refractivity contribution >= 4 is 50.7 Å². The molecule has 0 saturated carbocycles.